The number of nitrogens with one attached hydrogen (secondary N) is 1. The number of carbonyl (C=O) groups excluding carboxylic acids is 1. The van der Waals surface area contributed by atoms with Crippen molar-refractivity contribution in [2.75, 3.05) is 11.6 Å². The predicted molar refractivity (Wildman–Crippen MR) is 92.9 cm³/mol. The fourth-order valence-corrected chi connectivity index (χ4v) is 2.76. The molecule has 0 aliphatic rings. The van der Waals surface area contributed by atoms with E-state index in [-0.39, 0.29) is 5.78 Å². The molecule has 5 nitrogen and oxygen atoms in total. The first-order valence-electron chi connectivity index (χ1n) is 6.57. The minimum absolute atomic E-state index is 0.200. The van der Waals surface area contributed by atoms with Gasteiger partial charge in [0.15, 0.2) is 5.78 Å². The fraction of sp³-hybridized carbons (Fsp3) is 0.0625. The van der Waals surface area contributed by atoms with Crippen LogP contribution in [0.2, 0.25) is 5.02 Å². The van der Waals surface area contributed by atoms with Gasteiger partial charge >= 0.3 is 0 Å². The van der Waals surface area contributed by atoms with Gasteiger partial charge in [0.2, 0.25) is 6.20 Å². The number of ketones is 1. The third kappa shape index (κ3) is 4.34. The first kappa shape index (κ1) is 17.1. The average molecular weight is 349 g/mol. The lowest BCUT2D eigenvalue weighted by molar-refractivity contribution is -0.402. The Hall–Kier alpha value is -2.31. The van der Waals surface area contributed by atoms with Crippen LogP contribution in [0.4, 0.5) is 5.69 Å². The second kappa shape index (κ2) is 7.80. The highest BCUT2D eigenvalue weighted by molar-refractivity contribution is 7.98. The Morgan fingerprint density at radius 2 is 2.00 bits per heavy atom. The predicted octanol–water partition coefficient (Wildman–Crippen LogP) is 4.45. The third-order valence-electron chi connectivity index (χ3n) is 3.01. The molecule has 0 saturated heterocycles. The van der Waals surface area contributed by atoms with Crippen LogP contribution in [0, 0.1) is 10.1 Å². The lowest BCUT2D eigenvalue weighted by Gasteiger charge is -2.11. The summed E-state index contributed by atoms with van der Waals surface area (Å²) in [5.41, 5.74) is 1.36. The van der Waals surface area contributed by atoms with Crippen molar-refractivity contribution in [3.8, 4) is 0 Å². The average Bonchev–Trinajstić information content (AvgIpc) is 2.55. The molecule has 0 fully saturated rings. The number of halogens is 1. The van der Waals surface area contributed by atoms with Gasteiger partial charge in [-0.25, -0.2) is 0 Å². The highest BCUT2D eigenvalue weighted by Gasteiger charge is 2.17. The molecule has 0 aliphatic carbocycles. The van der Waals surface area contributed by atoms with Crippen molar-refractivity contribution >= 4 is 34.8 Å². The van der Waals surface area contributed by atoms with Gasteiger partial charge in [0.1, 0.15) is 0 Å². The van der Waals surface area contributed by atoms with E-state index in [1.54, 1.807) is 30.3 Å². The van der Waals surface area contributed by atoms with Gasteiger partial charge in [-0.3, -0.25) is 14.9 Å². The number of hydrogen-bond acceptors (Lipinski definition) is 5. The summed E-state index contributed by atoms with van der Waals surface area (Å²) in [4.78, 5) is 23.4. The Kier molecular flexibility index (Phi) is 5.78. The fourth-order valence-electron chi connectivity index (χ4n) is 2.00. The lowest BCUT2D eigenvalue weighted by atomic mass is 10.0. The molecule has 0 spiro atoms. The Balaban J connectivity index is 2.43. The highest BCUT2D eigenvalue weighted by atomic mass is 35.5. The minimum Gasteiger partial charge on any atom is -0.356 e. The van der Waals surface area contributed by atoms with Gasteiger partial charge < -0.3 is 5.32 Å². The molecule has 0 unspecified atom stereocenters. The van der Waals surface area contributed by atoms with Crippen LogP contribution < -0.4 is 5.32 Å². The molecule has 0 heterocycles. The smallest absolute Gasteiger partial charge is 0.250 e. The summed E-state index contributed by atoms with van der Waals surface area (Å²) in [7, 11) is 0. The van der Waals surface area contributed by atoms with Crippen LogP contribution in [0.15, 0.2) is 59.8 Å². The monoisotopic (exact) mass is 348 g/mol. The minimum atomic E-state index is -0.590. The zero-order chi connectivity index (χ0) is 16.8. The van der Waals surface area contributed by atoms with Crippen LogP contribution in [-0.2, 0) is 0 Å². The molecule has 2 aromatic rings. The van der Waals surface area contributed by atoms with E-state index in [0.717, 1.165) is 11.1 Å². The Morgan fingerprint density at radius 3 is 2.70 bits per heavy atom. The molecule has 118 valence electrons. The van der Waals surface area contributed by atoms with Gasteiger partial charge in [0, 0.05) is 26.7 Å². The SMILES string of the molecule is CSc1ccccc1C(=O)c1cc(Cl)ccc1N/C=C/[N+](=O)[O-]. The van der Waals surface area contributed by atoms with Crippen LogP contribution in [0.25, 0.3) is 0 Å². The molecular formula is C16H13ClN2O3S. The van der Waals surface area contributed by atoms with Crippen molar-refractivity contribution in [2.24, 2.45) is 0 Å². The molecule has 0 atom stereocenters. The first-order chi connectivity index (χ1) is 11.0. The summed E-state index contributed by atoms with van der Waals surface area (Å²) in [6.07, 6.45) is 3.82. The summed E-state index contributed by atoms with van der Waals surface area (Å²) >= 11 is 7.47. The van der Waals surface area contributed by atoms with E-state index >= 15 is 0 Å². The molecule has 1 N–H and O–H groups in total. The molecule has 0 bridgehead atoms. The van der Waals surface area contributed by atoms with E-state index in [1.807, 2.05) is 18.4 Å². The summed E-state index contributed by atoms with van der Waals surface area (Å²) in [5.74, 6) is -0.200. The normalized spacial score (nSPS) is 10.7. The second-order valence-electron chi connectivity index (χ2n) is 4.46. The summed E-state index contributed by atoms with van der Waals surface area (Å²) < 4.78 is 0. The zero-order valence-electron chi connectivity index (χ0n) is 12.2. The van der Waals surface area contributed by atoms with Crippen molar-refractivity contribution in [1.29, 1.82) is 0 Å². The van der Waals surface area contributed by atoms with E-state index in [0.29, 0.717) is 21.8 Å². The lowest BCUT2D eigenvalue weighted by Crippen LogP contribution is -2.06. The van der Waals surface area contributed by atoms with Crippen LogP contribution in [0.1, 0.15) is 15.9 Å². The molecule has 0 amide bonds. The van der Waals surface area contributed by atoms with Gasteiger partial charge in [-0.2, -0.15) is 0 Å². The third-order valence-corrected chi connectivity index (χ3v) is 4.04. The molecule has 2 rings (SSSR count). The number of nitro groups is 1. The molecule has 0 aliphatic heterocycles. The number of benzene rings is 2. The first-order valence-corrected chi connectivity index (χ1v) is 8.17. The summed E-state index contributed by atoms with van der Waals surface area (Å²) in [5, 5.41) is 13.5. The number of hydrogen-bond donors (Lipinski definition) is 1. The number of nitrogens with zero attached hydrogens (tertiary/aromatic N) is 1. The second-order valence-corrected chi connectivity index (χ2v) is 5.75. The van der Waals surface area contributed by atoms with Gasteiger partial charge in [0.05, 0.1) is 11.1 Å². The number of rotatable bonds is 6. The molecule has 7 heteroatoms. The van der Waals surface area contributed by atoms with Gasteiger partial charge in [-0.15, -0.1) is 11.8 Å². The molecule has 0 saturated carbocycles. The van der Waals surface area contributed by atoms with Crippen LogP contribution >= 0.6 is 23.4 Å². The number of carbonyl (C=O) groups is 1. The van der Waals surface area contributed by atoms with Crippen molar-refractivity contribution in [3.05, 3.63) is 81.1 Å². The molecular weight excluding hydrogens is 336 g/mol. The van der Waals surface area contributed by atoms with Crippen LogP contribution in [0.5, 0.6) is 0 Å². The van der Waals surface area contributed by atoms with E-state index in [9.17, 15) is 14.9 Å². The van der Waals surface area contributed by atoms with Gasteiger partial charge in [-0.05, 0) is 36.6 Å². The molecule has 0 radical (unpaired) electrons. The van der Waals surface area contributed by atoms with Crippen LogP contribution in [-0.4, -0.2) is 17.0 Å². The van der Waals surface area contributed by atoms with Crippen molar-refractivity contribution < 1.29 is 9.72 Å². The van der Waals surface area contributed by atoms with Crippen LogP contribution in [0.3, 0.4) is 0 Å². The maximum atomic E-state index is 12.8. The number of anilines is 1. The Morgan fingerprint density at radius 1 is 1.26 bits per heavy atom. The van der Waals surface area contributed by atoms with Crippen molar-refractivity contribution in [1.82, 2.24) is 0 Å². The zero-order valence-corrected chi connectivity index (χ0v) is 13.7. The summed E-state index contributed by atoms with van der Waals surface area (Å²) in [6.45, 7) is 0. The topological polar surface area (TPSA) is 72.2 Å². The molecule has 2 aromatic carbocycles. The van der Waals surface area contributed by atoms with Gasteiger partial charge in [0.25, 0.3) is 0 Å². The molecule has 0 aromatic heterocycles. The Labute approximate surface area is 142 Å². The highest BCUT2D eigenvalue weighted by Crippen LogP contribution is 2.27. The van der Waals surface area contributed by atoms with E-state index in [2.05, 4.69) is 5.32 Å². The maximum absolute atomic E-state index is 12.8. The maximum Gasteiger partial charge on any atom is 0.250 e. The van der Waals surface area contributed by atoms with E-state index in [1.165, 1.54) is 18.0 Å². The molecule has 23 heavy (non-hydrogen) atoms. The summed E-state index contributed by atoms with van der Waals surface area (Å²) in [6, 6.07) is 12.0. The number of thioether (sulfide) groups is 1. The van der Waals surface area contributed by atoms with E-state index in [4.69, 9.17) is 11.6 Å². The van der Waals surface area contributed by atoms with E-state index < -0.39 is 4.92 Å². The standard InChI is InChI=1S/C16H13ClN2O3S/c1-23-15-5-3-2-4-12(15)16(20)13-10-11(17)6-7-14(13)18-8-9-19(21)22/h2-10,18H,1H3/b9-8+. The largest absolute Gasteiger partial charge is 0.356 e. The van der Waals surface area contributed by atoms with Crippen molar-refractivity contribution in [2.45, 2.75) is 4.90 Å². The van der Waals surface area contributed by atoms with Gasteiger partial charge in [-0.1, -0.05) is 23.7 Å². The van der Waals surface area contributed by atoms with Crippen molar-refractivity contribution in [3.63, 3.8) is 0 Å². The quantitative estimate of drug-likeness (QED) is 0.361. The Bertz CT molecular complexity index is 778.